The summed E-state index contributed by atoms with van der Waals surface area (Å²) < 4.78 is 47.0. The molecule has 1 aliphatic heterocycles. The fourth-order valence-corrected chi connectivity index (χ4v) is 6.76. The maximum absolute atomic E-state index is 13.2. The van der Waals surface area contributed by atoms with Gasteiger partial charge >= 0.3 is 16.5 Å². The summed E-state index contributed by atoms with van der Waals surface area (Å²) in [6, 6.07) is 22.5. The third-order valence-corrected chi connectivity index (χ3v) is 9.73. The Balaban J connectivity index is 1.05. The molecular formula is C33H32N4O9S. The molecular weight excluding hydrogens is 628 g/mol. The number of fused-ring (bicyclic) bond motifs is 1. The van der Waals surface area contributed by atoms with Gasteiger partial charge in [-0.3, -0.25) is 14.3 Å². The van der Waals surface area contributed by atoms with Gasteiger partial charge in [0.05, 0.1) is 22.0 Å². The number of sulfone groups is 1. The van der Waals surface area contributed by atoms with E-state index < -0.39 is 26.4 Å². The van der Waals surface area contributed by atoms with Gasteiger partial charge in [-0.05, 0) is 47.2 Å². The number of carbonyl (C=O) groups is 1. The van der Waals surface area contributed by atoms with Crippen LogP contribution in [-0.4, -0.2) is 68.7 Å². The Kier molecular flexibility index (Phi) is 9.22. The van der Waals surface area contributed by atoms with Gasteiger partial charge in [-0.15, -0.1) is 0 Å². The van der Waals surface area contributed by atoms with Crippen LogP contribution in [0, 0.1) is 12.1 Å². The number of amides is 1. The molecule has 0 atom stereocenters. The van der Waals surface area contributed by atoms with Crippen LogP contribution in [0.25, 0.3) is 11.0 Å². The quantitative estimate of drug-likeness (QED) is 0.116. The molecule has 0 radical (unpaired) electrons. The van der Waals surface area contributed by atoms with Crippen LogP contribution < -0.4 is 20.0 Å². The highest BCUT2D eigenvalue weighted by atomic mass is 32.2. The molecule has 1 saturated heterocycles. The normalized spacial score (nSPS) is 13.9. The van der Waals surface area contributed by atoms with Gasteiger partial charge in [0.1, 0.15) is 24.5 Å². The van der Waals surface area contributed by atoms with Crippen molar-refractivity contribution in [1.82, 2.24) is 15.0 Å². The molecule has 244 valence electrons. The molecule has 3 aromatic carbocycles. The topological polar surface area (TPSA) is 159 Å². The van der Waals surface area contributed by atoms with Crippen molar-refractivity contribution in [2.45, 2.75) is 29.8 Å². The van der Waals surface area contributed by atoms with E-state index in [9.17, 15) is 23.2 Å². The highest BCUT2D eigenvalue weighted by Crippen LogP contribution is 2.26. The summed E-state index contributed by atoms with van der Waals surface area (Å²) in [5, 5.41) is 15.4. The molecule has 0 saturated carbocycles. The standard InChI is InChI=1S/C33H32N4O9S/c1-23-27-13-12-25(43-18-19-44-31-32(37(40)46-34-31)47(41,42)26-10-6-3-7-11-26)20-29(27)45-33(39)28(23)21-30(38)36-16-14-35(15-17-36)22-24-8-4-2-5-9-24/h2-13,20H,14-19,21-22H2,1H3. The van der Waals surface area contributed by atoms with Gasteiger partial charge in [0.25, 0.3) is 9.84 Å². The fourth-order valence-electron chi connectivity index (χ4n) is 5.47. The van der Waals surface area contributed by atoms with Gasteiger partial charge in [-0.25, -0.2) is 13.2 Å². The predicted molar refractivity (Wildman–Crippen MR) is 168 cm³/mol. The SMILES string of the molecule is Cc1c(CC(=O)N2CCN(Cc3ccccc3)CC2)c(=O)oc2cc(OCCOc3no[n+]([O-])c3S(=O)(=O)c3ccccc3)ccc12. The monoisotopic (exact) mass is 660 g/mol. The Bertz CT molecular complexity index is 2040. The molecule has 0 N–H and O–H groups in total. The van der Waals surface area contributed by atoms with E-state index in [-0.39, 0.29) is 40.9 Å². The number of piperazine rings is 1. The predicted octanol–water partition coefficient (Wildman–Crippen LogP) is 2.90. The summed E-state index contributed by atoms with van der Waals surface area (Å²) in [5.74, 6) is -0.255. The molecule has 2 aromatic heterocycles. The van der Waals surface area contributed by atoms with Crippen molar-refractivity contribution in [3.63, 3.8) is 0 Å². The second kappa shape index (κ2) is 13.6. The molecule has 1 aliphatic rings. The average Bonchev–Trinajstić information content (AvgIpc) is 3.46. The van der Waals surface area contributed by atoms with Gasteiger partial charge in [0, 0.05) is 44.2 Å². The number of carbonyl (C=O) groups excluding carboxylic acids is 1. The number of hydrogen-bond acceptors (Lipinski definition) is 11. The van der Waals surface area contributed by atoms with Gasteiger partial charge < -0.3 is 24.0 Å². The molecule has 14 heteroatoms. The first kappa shape index (κ1) is 31.8. The van der Waals surface area contributed by atoms with Crippen molar-refractivity contribution in [1.29, 1.82) is 0 Å². The fraction of sp³-hybridized carbons (Fsp3) is 0.273. The first-order chi connectivity index (χ1) is 22.7. The minimum absolute atomic E-state index is 0.0498. The van der Waals surface area contributed by atoms with Crippen LogP contribution in [0.5, 0.6) is 11.6 Å². The summed E-state index contributed by atoms with van der Waals surface area (Å²) >= 11 is 0. The molecule has 1 fully saturated rings. The van der Waals surface area contributed by atoms with Crippen molar-refractivity contribution in [2.75, 3.05) is 39.4 Å². The number of aryl methyl sites for hydroxylation is 1. The number of hydrogen-bond donors (Lipinski definition) is 0. The summed E-state index contributed by atoms with van der Waals surface area (Å²) in [5.41, 5.74) is 1.91. The second-order valence-electron chi connectivity index (χ2n) is 11.0. The summed E-state index contributed by atoms with van der Waals surface area (Å²) in [6.07, 6.45) is -0.0498. The van der Waals surface area contributed by atoms with Crippen molar-refractivity contribution in [3.05, 3.63) is 111 Å². The number of rotatable bonds is 11. The average molecular weight is 661 g/mol. The number of aromatic nitrogens is 2. The molecule has 5 aromatic rings. The highest BCUT2D eigenvalue weighted by molar-refractivity contribution is 7.91. The van der Waals surface area contributed by atoms with Crippen LogP contribution in [-0.2, 0) is 27.6 Å². The number of nitrogens with zero attached hydrogens (tertiary/aromatic N) is 4. The summed E-state index contributed by atoms with van der Waals surface area (Å²) in [7, 11) is -4.25. The minimum atomic E-state index is -4.25. The maximum Gasteiger partial charge on any atom is 0.415 e. The third kappa shape index (κ3) is 6.98. The molecule has 0 bridgehead atoms. The number of benzene rings is 3. The van der Waals surface area contributed by atoms with E-state index in [0.717, 1.165) is 19.6 Å². The smallest absolute Gasteiger partial charge is 0.415 e. The second-order valence-corrected chi connectivity index (χ2v) is 12.9. The zero-order valence-corrected chi connectivity index (χ0v) is 26.4. The lowest BCUT2D eigenvalue weighted by Crippen LogP contribution is -2.49. The lowest BCUT2D eigenvalue weighted by Gasteiger charge is -2.34. The van der Waals surface area contributed by atoms with Gasteiger partial charge in [-0.2, -0.15) is 0 Å². The first-order valence-electron chi connectivity index (χ1n) is 15.0. The van der Waals surface area contributed by atoms with Crippen LogP contribution >= 0.6 is 0 Å². The van der Waals surface area contributed by atoms with Crippen molar-refractivity contribution in [3.8, 4) is 11.6 Å². The first-order valence-corrected chi connectivity index (χ1v) is 16.4. The molecule has 47 heavy (non-hydrogen) atoms. The number of ether oxygens (including phenoxy) is 2. The zero-order chi connectivity index (χ0) is 33.0. The van der Waals surface area contributed by atoms with E-state index >= 15 is 0 Å². The van der Waals surface area contributed by atoms with Crippen LogP contribution in [0.2, 0.25) is 0 Å². The molecule has 0 spiro atoms. The summed E-state index contributed by atoms with van der Waals surface area (Å²) in [6.45, 7) is 5.07. The van der Waals surface area contributed by atoms with E-state index in [1.54, 1.807) is 36.1 Å². The Morgan fingerprint density at radius 3 is 2.36 bits per heavy atom. The molecule has 3 heterocycles. The lowest BCUT2D eigenvalue weighted by atomic mass is 10.0. The van der Waals surface area contributed by atoms with Gasteiger partial charge in [0.15, 0.2) is 0 Å². The van der Waals surface area contributed by atoms with E-state index in [1.807, 2.05) is 18.2 Å². The van der Waals surface area contributed by atoms with Crippen LogP contribution in [0.15, 0.2) is 103 Å². The van der Waals surface area contributed by atoms with Gasteiger partial charge in [-0.1, -0.05) is 48.5 Å². The van der Waals surface area contributed by atoms with E-state index in [1.165, 1.54) is 29.8 Å². The summed E-state index contributed by atoms with van der Waals surface area (Å²) in [4.78, 5) is 29.9. The van der Waals surface area contributed by atoms with Crippen LogP contribution in [0.4, 0.5) is 0 Å². The minimum Gasteiger partial charge on any atom is -0.490 e. The van der Waals surface area contributed by atoms with E-state index in [2.05, 4.69) is 26.8 Å². The van der Waals surface area contributed by atoms with Gasteiger partial charge in [0.2, 0.25) is 5.91 Å². The van der Waals surface area contributed by atoms with E-state index in [4.69, 9.17) is 13.9 Å². The Hall–Kier alpha value is -5.21. The van der Waals surface area contributed by atoms with Crippen molar-refractivity contribution >= 4 is 26.7 Å². The molecule has 0 aliphatic carbocycles. The Morgan fingerprint density at radius 1 is 0.957 bits per heavy atom. The molecule has 6 rings (SSSR count). The zero-order valence-electron chi connectivity index (χ0n) is 25.5. The van der Waals surface area contributed by atoms with E-state index in [0.29, 0.717) is 35.4 Å². The van der Waals surface area contributed by atoms with Crippen molar-refractivity contribution < 1.29 is 36.6 Å². The Morgan fingerprint density at radius 2 is 1.64 bits per heavy atom. The van der Waals surface area contributed by atoms with Crippen LogP contribution in [0.1, 0.15) is 16.7 Å². The van der Waals surface area contributed by atoms with Crippen LogP contribution in [0.3, 0.4) is 0 Å². The molecule has 0 unspecified atom stereocenters. The highest BCUT2D eigenvalue weighted by Gasteiger charge is 2.35. The lowest BCUT2D eigenvalue weighted by molar-refractivity contribution is -0.832. The van der Waals surface area contributed by atoms with Crippen molar-refractivity contribution in [2.24, 2.45) is 0 Å². The maximum atomic E-state index is 13.2. The molecule has 1 amide bonds. The third-order valence-electron chi connectivity index (χ3n) is 8.01. The largest absolute Gasteiger partial charge is 0.490 e. The Labute approximate surface area is 270 Å². The molecule has 13 nitrogen and oxygen atoms in total.